The molecule has 2 aliphatic carbocycles. The maximum absolute atomic E-state index is 6.56. The number of para-hydroxylation sites is 2. The highest BCUT2D eigenvalue weighted by Crippen LogP contribution is 2.62. The Balaban J connectivity index is 1.11. The number of ether oxygens (including phenoxy) is 1. The first kappa shape index (κ1) is 30.1. The van der Waals surface area contributed by atoms with Crippen LogP contribution in [0.5, 0.6) is 11.5 Å². The lowest BCUT2D eigenvalue weighted by atomic mass is 9.66. The Hall–Kier alpha value is -6.36. The van der Waals surface area contributed by atoms with Crippen LogP contribution >= 0.6 is 11.3 Å². The molecule has 254 valence electrons. The molecule has 1 spiro atoms. The van der Waals surface area contributed by atoms with Gasteiger partial charge in [-0.25, -0.2) is 9.97 Å². The van der Waals surface area contributed by atoms with Crippen LogP contribution in [0.2, 0.25) is 0 Å². The Labute approximate surface area is 317 Å². The summed E-state index contributed by atoms with van der Waals surface area (Å²) in [6.07, 6.45) is 0. The Morgan fingerprint density at radius 1 is 0.481 bits per heavy atom. The van der Waals surface area contributed by atoms with E-state index < -0.39 is 5.41 Å². The third kappa shape index (κ3) is 3.80. The number of hydrogen-bond acceptors (Lipinski definition) is 4. The number of aromatic nitrogens is 2. The number of nitrogens with zero attached hydrogens (tertiary/aromatic N) is 2. The highest BCUT2D eigenvalue weighted by molar-refractivity contribution is 7.26. The molecule has 12 rings (SSSR count). The van der Waals surface area contributed by atoms with Gasteiger partial charge in [0.2, 0.25) is 0 Å². The van der Waals surface area contributed by atoms with Crippen LogP contribution in [0.1, 0.15) is 47.2 Å². The first-order chi connectivity index (χ1) is 26.5. The zero-order valence-corrected chi connectivity index (χ0v) is 30.5. The van der Waals surface area contributed by atoms with Gasteiger partial charge >= 0.3 is 0 Å². The van der Waals surface area contributed by atoms with E-state index in [9.17, 15) is 0 Å². The summed E-state index contributed by atoms with van der Waals surface area (Å²) in [6, 6.07) is 57.2. The number of hydrogen-bond donors (Lipinski definition) is 0. The summed E-state index contributed by atoms with van der Waals surface area (Å²) in [5, 5.41) is 1.16. The van der Waals surface area contributed by atoms with Crippen LogP contribution in [-0.2, 0) is 10.8 Å². The number of rotatable bonds is 2. The van der Waals surface area contributed by atoms with Gasteiger partial charge in [-0.05, 0) is 74.8 Å². The minimum atomic E-state index is -0.506. The van der Waals surface area contributed by atoms with Crippen LogP contribution in [0, 0.1) is 0 Å². The molecule has 0 atom stereocenters. The Morgan fingerprint density at radius 2 is 1.02 bits per heavy atom. The fourth-order valence-corrected chi connectivity index (χ4v) is 10.9. The molecule has 2 aromatic heterocycles. The Morgan fingerprint density at radius 3 is 1.80 bits per heavy atom. The first-order valence-corrected chi connectivity index (χ1v) is 19.4. The zero-order chi connectivity index (χ0) is 35.8. The van der Waals surface area contributed by atoms with Gasteiger partial charge < -0.3 is 4.74 Å². The van der Waals surface area contributed by atoms with Gasteiger partial charge in [-0.15, -0.1) is 11.3 Å². The lowest BCUT2D eigenvalue weighted by Gasteiger charge is -2.39. The van der Waals surface area contributed by atoms with Crippen LogP contribution in [0.15, 0.2) is 158 Å². The van der Waals surface area contributed by atoms with Gasteiger partial charge in [0.15, 0.2) is 5.82 Å². The molecule has 54 heavy (non-hydrogen) atoms. The SMILES string of the molecule is CC1(C)c2ccccc2-c2cc(-c3nc(-c4ccc5c(c4)-c4ccccc4C54c5ccccc5Oc5ccccc54)c4sc5ccccc5c4n3)ccc21. The zero-order valence-electron chi connectivity index (χ0n) is 29.7. The Bertz CT molecular complexity index is 3030. The van der Waals surface area contributed by atoms with Gasteiger partial charge in [-0.1, -0.05) is 141 Å². The van der Waals surface area contributed by atoms with E-state index in [1.54, 1.807) is 11.3 Å². The molecule has 0 saturated carbocycles. The molecule has 7 aromatic carbocycles. The molecule has 1 aliphatic heterocycles. The normalized spacial score (nSPS) is 14.9. The van der Waals surface area contributed by atoms with Crippen molar-refractivity contribution in [3.63, 3.8) is 0 Å². The topological polar surface area (TPSA) is 35.0 Å². The van der Waals surface area contributed by atoms with Crippen LogP contribution in [0.25, 0.3) is 65.2 Å². The molecular weight excluding hydrogens is 677 g/mol. The first-order valence-electron chi connectivity index (χ1n) is 18.6. The smallest absolute Gasteiger partial charge is 0.160 e. The average molecular weight is 709 g/mol. The standard InChI is InChI=1S/C50H32N2OS/c1-49(2)36-16-6-3-13-31(36)34-28-30(24-25-37(34)49)48-51-45(47-46(52-48)33-15-5-12-22-44(33)54-47)29-23-26-39-35(27-29)32-14-4-7-17-38(32)50(39)40-18-8-10-20-42(40)53-43-21-11-9-19-41(43)50/h3-28H,1-2H3. The third-order valence-electron chi connectivity index (χ3n) is 12.2. The molecule has 3 aliphatic rings. The quantitative estimate of drug-likeness (QED) is 0.179. The molecule has 0 N–H and O–H groups in total. The fourth-order valence-electron chi connectivity index (χ4n) is 9.78. The van der Waals surface area contributed by atoms with Crippen molar-refractivity contribution < 1.29 is 4.74 Å². The second kappa shape index (κ2) is 10.6. The molecule has 0 amide bonds. The van der Waals surface area contributed by atoms with Gasteiger partial charge in [0.1, 0.15) is 11.5 Å². The minimum absolute atomic E-state index is 0.0620. The lowest BCUT2D eigenvalue weighted by Crippen LogP contribution is -2.32. The van der Waals surface area contributed by atoms with Crippen molar-refractivity contribution in [3.8, 4) is 56.4 Å². The van der Waals surface area contributed by atoms with Gasteiger partial charge in [0, 0.05) is 37.8 Å². The highest BCUT2D eigenvalue weighted by atomic mass is 32.1. The average Bonchev–Trinajstić information content (AvgIpc) is 3.82. The third-order valence-corrected chi connectivity index (χ3v) is 13.3. The van der Waals surface area contributed by atoms with E-state index in [0.717, 1.165) is 49.7 Å². The van der Waals surface area contributed by atoms with E-state index in [2.05, 4.69) is 172 Å². The summed E-state index contributed by atoms with van der Waals surface area (Å²) in [7, 11) is 0. The summed E-state index contributed by atoms with van der Waals surface area (Å²) >= 11 is 1.78. The fraction of sp³-hybridized carbons (Fsp3) is 0.0800. The maximum atomic E-state index is 6.56. The summed E-state index contributed by atoms with van der Waals surface area (Å²) < 4.78 is 8.88. The summed E-state index contributed by atoms with van der Waals surface area (Å²) in [4.78, 5) is 10.8. The van der Waals surface area contributed by atoms with Crippen LogP contribution in [0.4, 0.5) is 0 Å². The van der Waals surface area contributed by atoms with Gasteiger partial charge in [-0.2, -0.15) is 0 Å². The Kier molecular flexibility index (Phi) is 5.93. The van der Waals surface area contributed by atoms with Gasteiger partial charge in [-0.3, -0.25) is 0 Å². The van der Waals surface area contributed by atoms with Crippen molar-refractivity contribution in [3.05, 3.63) is 191 Å². The van der Waals surface area contributed by atoms with Crippen LogP contribution in [-0.4, -0.2) is 9.97 Å². The van der Waals surface area contributed by atoms with E-state index in [4.69, 9.17) is 14.7 Å². The maximum Gasteiger partial charge on any atom is 0.160 e. The molecule has 3 heterocycles. The van der Waals surface area contributed by atoms with Crippen molar-refractivity contribution >= 4 is 31.6 Å². The predicted molar refractivity (Wildman–Crippen MR) is 221 cm³/mol. The molecular formula is C50H32N2OS. The van der Waals surface area contributed by atoms with Crippen molar-refractivity contribution in [1.82, 2.24) is 9.97 Å². The summed E-state index contributed by atoms with van der Waals surface area (Å²) in [5.74, 6) is 2.54. The molecule has 0 fully saturated rings. The molecule has 9 aromatic rings. The number of benzene rings is 7. The second-order valence-electron chi connectivity index (χ2n) is 15.3. The minimum Gasteiger partial charge on any atom is -0.457 e. The van der Waals surface area contributed by atoms with Crippen molar-refractivity contribution in [2.45, 2.75) is 24.7 Å². The van der Waals surface area contributed by atoms with Gasteiger partial charge in [0.05, 0.1) is 21.3 Å². The summed E-state index contributed by atoms with van der Waals surface area (Å²) in [5.41, 5.74) is 16.1. The van der Waals surface area contributed by atoms with E-state index in [1.165, 1.54) is 60.3 Å². The van der Waals surface area contributed by atoms with E-state index in [0.29, 0.717) is 0 Å². The second-order valence-corrected chi connectivity index (χ2v) is 16.3. The van der Waals surface area contributed by atoms with Crippen LogP contribution < -0.4 is 4.74 Å². The predicted octanol–water partition coefficient (Wildman–Crippen LogP) is 13.0. The van der Waals surface area contributed by atoms with E-state index >= 15 is 0 Å². The number of fused-ring (bicyclic) bond motifs is 15. The molecule has 0 radical (unpaired) electrons. The molecule has 0 bridgehead atoms. The molecule has 0 unspecified atom stereocenters. The lowest BCUT2D eigenvalue weighted by molar-refractivity contribution is 0.436. The van der Waals surface area contributed by atoms with E-state index in [1.807, 2.05) is 0 Å². The van der Waals surface area contributed by atoms with Crippen molar-refractivity contribution in [2.24, 2.45) is 0 Å². The van der Waals surface area contributed by atoms with E-state index in [-0.39, 0.29) is 5.41 Å². The van der Waals surface area contributed by atoms with Crippen molar-refractivity contribution in [1.29, 1.82) is 0 Å². The molecule has 3 nitrogen and oxygen atoms in total. The van der Waals surface area contributed by atoms with Crippen molar-refractivity contribution in [2.75, 3.05) is 0 Å². The summed E-state index contributed by atoms with van der Waals surface area (Å²) in [6.45, 7) is 4.65. The monoisotopic (exact) mass is 708 g/mol. The van der Waals surface area contributed by atoms with Gasteiger partial charge in [0.25, 0.3) is 0 Å². The number of thiophene rings is 1. The molecule has 4 heteroatoms. The largest absolute Gasteiger partial charge is 0.457 e. The van der Waals surface area contributed by atoms with Crippen LogP contribution in [0.3, 0.4) is 0 Å². The highest BCUT2D eigenvalue weighted by Gasteiger charge is 2.51. The molecule has 0 saturated heterocycles.